The van der Waals surface area contributed by atoms with Gasteiger partial charge >= 0.3 is 0 Å². The molecule has 92 valence electrons. The lowest BCUT2D eigenvalue weighted by Gasteiger charge is -2.15. The van der Waals surface area contributed by atoms with E-state index in [-0.39, 0.29) is 0 Å². The van der Waals surface area contributed by atoms with Crippen molar-refractivity contribution in [2.24, 2.45) is 11.3 Å². The molecule has 1 aromatic rings. The summed E-state index contributed by atoms with van der Waals surface area (Å²) in [6, 6.07) is 9.04. The Labute approximate surface area is 105 Å². The summed E-state index contributed by atoms with van der Waals surface area (Å²) in [4.78, 5) is 0. The van der Waals surface area contributed by atoms with Gasteiger partial charge in [-0.15, -0.1) is 0 Å². The smallest absolute Gasteiger partial charge is 0.0205 e. The third kappa shape index (κ3) is 2.55. The van der Waals surface area contributed by atoms with Gasteiger partial charge in [-0.3, -0.25) is 0 Å². The molecule has 1 N–H and O–H groups in total. The Kier molecular flexibility index (Phi) is 2.96. The first kappa shape index (κ1) is 11.3. The third-order valence-corrected chi connectivity index (χ3v) is 4.57. The van der Waals surface area contributed by atoms with Crippen molar-refractivity contribution in [2.45, 2.75) is 45.6 Å². The van der Waals surface area contributed by atoms with E-state index in [9.17, 15) is 0 Å². The third-order valence-electron chi connectivity index (χ3n) is 4.57. The SMILES string of the molecule is CCc1ccc(CNCC2(C3CC3)CC2)cc1. The molecule has 0 radical (unpaired) electrons. The summed E-state index contributed by atoms with van der Waals surface area (Å²) in [5.74, 6) is 1.07. The first-order chi connectivity index (χ1) is 8.32. The van der Waals surface area contributed by atoms with Crippen molar-refractivity contribution < 1.29 is 0 Å². The Morgan fingerprint density at radius 3 is 2.29 bits per heavy atom. The van der Waals surface area contributed by atoms with Crippen LogP contribution in [0.25, 0.3) is 0 Å². The highest BCUT2D eigenvalue weighted by molar-refractivity contribution is 5.22. The van der Waals surface area contributed by atoms with Crippen LogP contribution >= 0.6 is 0 Å². The first-order valence-corrected chi connectivity index (χ1v) is 7.11. The van der Waals surface area contributed by atoms with Crippen LogP contribution in [0, 0.1) is 11.3 Å². The maximum atomic E-state index is 3.66. The highest BCUT2D eigenvalue weighted by Gasteiger charge is 2.53. The molecule has 2 saturated carbocycles. The van der Waals surface area contributed by atoms with Gasteiger partial charge in [0.2, 0.25) is 0 Å². The van der Waals surface area contributed by atoms with E-state index in [2.05, 4.69) is 36.5 Å². The molecule has 0 aromatic heterocycles. The Hall–Kier alpha value is -0.820. The van der Waals surface area contributed by atoms with Crippen LogP contribution in [0.4, 0.5) is 0 Å². The van der Waals surface area contributed by atoms with Crippen molar-refractivity contribution in [1.82, 2.24) is 5.32 Å². The van der Waals surface area contributed by atoms with Crippen LogP contribution in [0.15, 0.2) is 24.3 Å². The van der Waals surface area contributed by atoms with Gasteiger partial charge in [0.1, 0.15) is 0 Å². The molecule has 17 heavy (non-hydrogen) atoms. The van der Waals surface area contributed by atoms with Gasteiger partial charge in [-0.1, -0.05) is 31.2 Å². The zero-order chi connectivity index (χ0) is 11.7. The molecule has 0 aliphatic heterocycles. The van der Waals surface area contributed by atoms with Crippen LogP contribution in [-0.4, -0.2) is 6.54 Å². The number of hydrogen-bond donors (Lipinski definition) is 1. The molecule has 1 aromatic carbocycles. The van der Waals surface area contributed by atoms with Gasteiger partial charge in [0.25, 0.3) is 0 Å². The van der Waals surface area contributed by atoms with Gasteiger partial charge in [-0.25, -0.2) is 0 Å². The van der Waals surface area contributed by atoms with Crippen LogP contribution in [0.5, 0.6) is 0 Å². The Morgan fingerprint density at radius 2 is 1.76 bits per heavy atom. The summed E-state index contributed by atoms with van der Waals surface area (Å²) in [5, 5.41) is 3.66. The molecule has 2 aliphatic carbocycles. The second kappa shape index (κ2) is 4.45. The summed E-state index contributed by atoms with van der Waals surface area (Å²) < 4.78 is 0. The fraction of sp³-hybridized carbons (Fsp3) is 0.625. The van der Waals surface area contributed by atoms with E-state index >= 15 is 0 Å². The van der Waals surface area contributed by atoms with Gasteiger partial charge in [0, 0.05) is 13.1 Å². The number of aryl methyl sites for hydroxylation is 1. The fourth-order valence-electron chi connectivity index (χ4n) is 2.93. The van der Waals surface area contributed by atoms with Crippen LogP contribution in [0.1, 0.15) is 43.7 Å². The molecule has 0 heterocycles. The molecule has 1 nitrogen and oxygen atoms in total. The van der Waals surface area contributed by atoms with Gasteiger partial charge in [-0.2, -0.15) is 0 Å². The average Bonchev–Trinajstić information content (AvgIpc) is 3.23. The molecule has 0 saturated heterocycles. The molecule has 2 fully saturated rings. The van der Waals surface area contributed by atoms with E-state index < -0.39 is 0 Å². The van der Waals surface area contributed by atoms with Crippen molar-refractivity contribution in [1.29, 1.82) is 0 Å². The topological polar surface area (TPSA) is 12.0 Å². The van der Waals surface area contributed by atoms with E-state index in [1.165, 1.54) is 43.4 Å². The fourth-order valence-corrected chi connectivity index (χ4v) is 2.93. The lowest BCUT2D eigenvalue weighted by Crippen LogP contribution is -2.24. The highest BCUT2D eigenvalue weighted by atomic mass is 14.9. The van der Waals surface area contributed by atoms with Crippen molar-refractivity contribution >= 4 is 0 Å². The van der Waals surface area contributed by atoms with E-state index in [1.807, 2.05) is 0 Å². The van der Waals surface area contributed by atoms with Gasteiger partial charge in [0.05, 0.1) is 0 Å². The van der Waals surface area contributed by atoms with Crippen LogP contribution in [-0.2, 0) is 13.0 Å². The second-order valence-electron chi connectivity index (χ2n) is 5.91. The molecule has 1 heteroatoms. The maximum absolute atomic E-state index is 3.66. The van der Waals surface area contributed by atoms with E-state index in [0.29, 0.717) is 0 Å². The van der Waals surface area contributed by atoms with Crippen LogP contribution in [0.3, 0.4) is 0 Å². The van der Waals surface area contributed by atoms with E-state index in [4.69, 9.17) is 0 Å². The number of hydrogen-bond acceptors (Lipinski definition) is 1. The minimum absolute atomic E-state index is 0.726. The average molecular weight is 229 g/mol. The lowest BCUT2D eigenvalue weighted by atomic mass is 10.0. The van der Waals surface area contributed by atoms with Crippen molar-refractivity contribution in [3.63, 3.8) is 0 Å². The molecule has 3 rings (SSSR count). The van der Waals surface area contributed by atoms with Gasteiger partial charge < -0.3 is 5.32 Å². The molecule has 2 aliphatic rings. The van der Waals surface area contributed by atoms with E-state index in [1.54, 1.807) is 0 Å². The van der Waals surface area contributed by atoms with Gasteiger partial charge in [0.15, 0.2) is 0 Å². The van der Waals surface area contributed by atoms with Crippen molar-refractivity contribution in [3.8, 4) is 0 Å². The van der Waals surface area contributed by atoms with Crippen LogP contribution in [0.2, 0.25) is 0 Å². The first-order valence-electron chi connectivity index (χ1n) is 7.11. The molecule has 0 bridgehead atoms. The Balaban J connectivity index is 1.47. The number of nitrogens with one attached hydrogen (secondary N) is 1. The summed E-state index contributed by atoms with van der Waals surface area (Å²) in [6.07, 6.45) is 7.07. The minimum atomic E-state index is 0.726. The van der Waals surface area contributed by atoms with Gasteiger partial charge in [-0.05, 0) is 54.6 Å². The zero-order valence-electron chi connectivity index (χ0n) is 10.8. The largest absolute Gasteiger partial charge is 0.312 e. The normalized spacial score (nSPS) is 21.5. The molecule has 0 atom stereocenters. The quantitative estimate of drug-likeness (QED) is 0.787. The molecular formula is C16H23N. The number of rotatable bonds is 6. The molecule has 0 spiro atoms. The second-order valence-corrected chi connectivity index (χ2v) is 5.91. The van der Waals surface area contributed by atoms with Crippen molar-refractivity contribution in [3.05, 3.63) is 35.4 Å². The molecule has 0 unspecified atom stereocenters. The summed E-state index contributed by atoms with van der Waals surface area (Å²) in [6.45, 7) is 4.49. The van der Waals surface area contributed by atoms with Crippen molar-refractivity contribution in [2.75, 3.05) is 6.54 Å². The summed E-state index contributed by atoms with van der Waals surface area (Å²) >= 11 is 0. The minimum Gasteiger partial charge on any atom is -0.312 e. The highest BCUT2D eigenvalue weighted by Crippen LogP contribution is 2.60. The lowest BCUT2D eigenvalue weighted by molar-refractivity contribution is 0.403. The monoisotopic (exact) mass is 229 g/mol. The zero-order valence-corrected chi connectivity index (χ0v) is 10.8. The summed E-state index contributed by atoms with van der Waals surface area (Å²) in [5.41, 5.74) is 3.59. The van der Waals surface area contributed by atoms with Crippen LogP contribution < -0.4 is 5.32 Å². The Bertz CT molecular complexity index is 371. The summed E-state index contributed by atoms with van der Waals surface area (Å²) in [7, 11) is 0. The Morgan fingerprint density at radius 1 is 1.12 bits per heavy atom. The molecular weight excluding hydrogens is 206 g/mol. The standard InChI is InChI=1S/C16H23N/c1-2-13-3-5-14(6-4-13)11-17-12-16(9-10-16)15-7-8-15/h3-6,15,17H,2,7-12H2,1H3. The predicted octanol–water partition coefficient (Wildman–Crippen LogP) is 3.53. The number of benzene rings is 1. The van der Waals surface area contributed by atoms with E-state index in [0.717, 1.165) is 24.3 Å². The predicted molar refractivity (Wildman–Crippen MR) is 71.9 cm³/mol. The maximum Gasteiger partial charge on any atom is 0.0205 e. The molecule has 0 amide bonds.